The molecule has 0 saturated heterocycles. The first-order valence-electron chi connectivity index (χ1n) is 10.9. The highest BCUT2D eigenvalue weighted by atomic mass is 16.7. The second kappa shape index (κ2) is 11.7. The van der Waals surface area contributed by atoms with E-state index in [1.54, 1.807) is 24.3 Å². The monoisotopic (exact) mass is 464 g/mol. The van der Waals surface area contributed by atoms with Gasteiger partial charge in [-0.05, 0) is 73.9 Å². The van der Waals surface area contributed by atoms with Crippen LogP contribution in [-0.4, -0.2) is 25.5 Å². The van der Waals surface area contributed by atoms with Crippen molar-refractivity contribution in [3.05, 3.63) is 78.8 Å². The van der Waals surface area contributed by atoms with Gasteiger partial charge in [0.25, 0.3) is 0 Å². The molecule has 0 bridgehead atoms. The van der Waals surface area contributed by atoms with E-state index in [9.17, 15) is 9.59 Å². The lowest BCUT2D eigenvalue weighted by Gasteiger charge is -2.20. The number of benzene rings is 2. The number of ether oxygens (including phenoxy) is 4. The molecule has 178 valence electrons. The summed E-state index contributed by atoms with van der Waals surface area (Å²) in [6.45, 7) is 5.30. The van der Waals surface area contributed by atoms with Crippen LogP contribution in [0.4, 0.5) is 0 Å². The molecule has 0 N–H and O–H groups in total. The zero-order valence-corrected chi connectivity index (χ0v) is 19.5. The summed E-state index contributed by atoms with van der Waals surface area (Å²) in [6.07, 6.45) is 5.01. The maximum Gasteiger partial charge on any atom is 0.333 e. The highest BCUT2D eigenvalue weighted by molar-refractivity contribution is 5.86. The average molecular weight is 465 g/mol. The Morgan fingerprint density at radius 1 is 0.853 bits per heavy atom. The van der Waals surface area contributed by atoms with E-state index >= 15 is 0 Å². The molecule has 0 fully saturated rings. The maximum absolute atomic E-state index is 12.0. The average Bonchev–Trinajstić information content (AvgIpc) is 3.37. The van der Waals surface area contributed by atoms with Crippen LogP contribution in [0.25, 0.3) is 17.2 Å². The molecule has 1 aromatic heterocycles. The highest BCUT2D eigenvalue weighted by Gasteiger charge is 2.27. The molecule has 0 radical (unpaired) electrons. The van der Waals surface area contributed by atoms with Gasteiger partial charge in [0.1, 0.15) is 17.3 Å². The largest absolute Gasteiger partial charge is 0.465 e. The van der Waals surface area contributed by atoms with Crippen LogP contribution in [0, 0.1) is 5.41 Å². The quantitative estimate of drug-likeness (QED) is 0.200. The van der Waals surface area contributed by atoms with Crippen LogP contribution in [0.15, 0.2) is 77.4 Å². The Morgan fingerprint density at radius 2 is 1.41 bits per heavy atom. The van der Waals surface area contributed by atoms with Gasteiger partial charge >= 0.3 is 11.9 Å². The van der Waals surface area contributed by atoms with Crippen molar-refractivity contribution in [1.82, 2.24) is 0 Å². The molecule has 3 rings (SSSR count). The van der Waals surface area contributed by atoms with Crippen LogP contribution in [0.3, 0.4) is 0 Å². The molecule has 0 unspecified atom stereocenters. The Hall–Kier alpha value is -4.00. The van der Waals surface area contributed by atoms with Crippen molar-refractivity contribution < 1.29 is 33.0 Å². The van der Waals surface area contributed by atoms with E-state index in [2.05, 4.69) is 0 Å². The lowest BCUT2D eigenvalue weighted by Crippen LogP contribution is -2.27. The minimum absolute atomic E-state index is 0.128. The fraction of sp³-hybridized carbons (Fsp3) is 0.259. The van der Waals surface area contributed by atoms with Crippen LogP contribution >= 0.6 is 0 Å². The molecule has 3 aromatic rings. The fourth-order valence-corrected chi connectivity index (χ4v) is 2.72. The third-order valence-electron chi connectivity index (χ3n) is 5.25. The first-order valence-corrected chi connectivity index (χ1v) is 10.9. The first kappa shape index (κ1) is 24.6. The first-order chi connectivity index (χ1) is 16.4. The van der Waals surface area contributed by atoms with E-state index in [0.29, 0.717) is 23.7 Å². The molecular weight excluding hydrogens is 436 g/mol. The topological polar surface area (TPSA) is 84.2 Å². The molecule has 1 heterocycles. The van der Waals surface area contributed by atoms with E-state index in [1.807, 2.05) is 57.2 Å². The number of esters is 2. The van der Waals surface area contributed by atoms with Gasteiger partial charge in [0.05, 0.1) is 11.7 Å². The Bertz CT molecular complexity index is 1080. The zero-order chi connectivity index (χ0) is 24.4. The summed E-state index contributed by atoms with van der Waals surface area (Å²) in [6, 6.07) is 18.3. The fourth-order valence-electron chi connectivity index (χ4n) is 2.72. The van der Waals surface area contributed by atoms with Crippen LogP contribution in [-0.2, 0) is 19.1 Å². The standard InChI is InChI=1S/C27H28O7/c1-4-27(2,3)26(29)34-19-32-24-13-9-21(10-14-24)20-7-11-23(12-8-20)31-18-33-25(28)16-15-22-6-5-17-30-22/h5-17H,4,18-19H2,1-3H3. The van der Waals surface area contributed by atoms with E-state index in [1.165, 1.54) is 18.4 Å². The summed E-state index contributed by atoms with van der Waals surface area (Å²) in [5, 5.41) is 0. The van der Waals surface area contributed by atoms with Gasteiger partial charge < -0.3 is 23.4 Å². The molecule has 0 amide bonds. The minimum Gasteiger partial charge on any atom is -0.465 e. The van der Waals surface area contributed by atoms with Crippen molar-refractivity contribution >= 4 is 18.0 Å². The Balaban J connectivity index is 1.43. The Morgan fingerprint density at radius 3 is 1.91 bits per heavy atom. The summed E-state index contributed by atoms with van der Waals surface area (Å²) in [4.78, 5) is 23.7. The molecule has 0 aliphatic heterocycles. The van der Waals surface area contributed by atoms with Gasteiger partial charge in [-0.2, -0.15) is 0 Å². The smallest absolute Gasteiger partial charge is 0.333 e. The summed E-state index contributed by atoms with van der Waals surface area (Å²) >= 11 is 0. The van der Waals surface area contributed by atoms with Crippen molar-refractivity contribution in [3.8, 4) is 22.6 Å². The van der Waals surface area contributed by atoms with E-state index in [0.717, 1.165) is 11.1 Å². The van der Waals surface area contributed by atoms with E-state index in [-0.39, 0.29) is 19.6 Å². The maximum atomic E-state index is 12.0. The van der Waals surface area contributed by atoms with Crippen molar-refractivity contribution in [2.75, 3.05) is 13.6 Å². The van der Waals surface area contributed by atoms with Crippen LogP contribution in [0.1, 0.15) is 33.0 Å². The Labute approximate surface area is 198 Å². The second-order valence-electron chi connectivity index (χ2n) is 8.05. The van der Waals surface area contributed by atoms with Crippen molar-refractivity contribution in [3.63, 3.8) is 0 Å². The summed E-state index contributed by atoms with van der Waals surface area (Å²) < 4.78 is 26.3. The van der Waals surface area contributed by atoms with Gasteiger partial charge in [-0.3, -0.25) is 4.79 Å². The Kier molecular flexibility index (Phi) is 8.51. The van der Waals surface area contributed by atoms with Gasteiger partial charge in [-0.1, -0.05) is 31.2 Å². The predicted molar refractivity (Wildman–Crippen MR) is 127 cm³/mol. The number of carbonyl (C=O) groups is 2. The molecule has 34 heavy (non-hydrogen) atoms. The molecule has 0 aliphatic rings. The minimum atomic E-state index is -0.529. The van der Waals surface area contributed by atoms with Gasteiger partial charge in [0, 0.05) is 6.08 Å². The molecular formula is C27H28O7. The second-order valence-corrected chi connectivity index (χ2v) is 8.05. The molecule has 7 heteroatoms. The van der Waals surface area contributed by atoms with Crippen LogP contribution < -0.4 is 9.47 Å². The van der Waals surface area contributed by atoms with Gasteiger partial charge in [0.15, 0.2) is 0 Å². The molecule has 0 atom stereocenters. The predicted octanol–water partition coefficient (Wildman–Crippen LogP) is 5.86. The number of furan rings is 1. The number of hydrogen-bond donors (Lipinski definition) is 0. The number of carbonyl (C=O) groups excluding carboxylic acids is 2. The van der Waals surface area contributed by atoms with Crippen molar-refractivity contribution in [2.45, 2.75) is 27.2 Å². The SMILES string of the molecule is CCC(C)(C)C(=O)OCOc1ccc(-c2ccc(OCOC(=O)C=Cc3ccco3)cc2)cc1. The van der Waals surface area contributed by atoms with Crippen molar-refractivity contribution in [1.29, 1.82) is 0 Å². The summed E-state index contributed by atoms with van der Waals surface area (Å²) in [5.41, 5.74) is 1.44. The highest BCUT2D eigenvalue weighted by Crippen LogP contribution is 2.25. The van der Waals surface area contributed by atoms with Gasteiger partial charge in [-0.25, -0.2) is 4.79 Å². The van der Waals surface area contributed by atoms with Crippen LogP contribution in [0.2, 0.25) is 0 Å². The van der Waals surface area contributed by atoms with Crippen LogP contribution in [0.5, 0.6) is 11.5 Å². The van der Waals surface area contributed by atoms with Crippen molar-refractivity contribution in [2.24, 2.45) is 5.41 Å². The summed E-state index contributed by atoms with van der Waals surface area (Å²) in [5.74, 6) is 0.928. The lowest BCUT2D eigenvalue weighted by atomic mass is 9.91. The summed E-state index contributed by atoms with van der Waals surface area (Å²) in [7, 11) is 0. The number of rotatable bonds is 11. The number of hydrogen-bond acceptors (Lipinski definition) is 7. The third-order valence-corrected chi connectivity index (χ3v) is 5.25. The van der Waals surface area contributed by atoms with Gasteiger partial charge in [-0.15, -0.1) is 0 Å². The molecule has 2 aromatic carbocycles. The zero-order valence-electron chi connectivity index (χ0n) is 19.5. The molecule has 7 nitrogen and oxygen atoms in total. The molecule has 0 saturated carbocycles. The molecule has 0 aliphatic carbocycles. The van der Waals surface area contributed by atoms with E-state index in [4.69, 9.17) is 23.4 Å². The molecule has 0 spiro atoms. The van der Waals surface area contributed by atoms with Gasteiger partial charge in [0.2, 0.25) is 13.6 Å². The lowest BCUT2D eigenvalue weighted by molar-refractivity contribution is -0.160. The van der Waals surface area contributed by atoms with E-state index < -0.39 is 11.4 Å². The normalized spacial score (nSPS) is 11.3. The third kappa shape index (κ3) is 7.27.